The maximum atomic E-state index is 13.8. The molecular formula is C52H63ClF3N9O6. The highest BCUT2D eigenvalue weighted by Crippen LogP contribution is 2.47. The summed E-state index contributed by atoms with van der Waals surface area (Å²) >= 11 is 6.44. The topological polar surface area (TPSA) is 176 Å². The third-order valence-corrected chi connectivity index (χ3v) is 15.9. The number of halogens is 4. The summed E-state index contributed by atoms with van der Waals surface area (Å²) in [4.78, 5) is 68.7. The zero-order chi connectivity index (χ0) is 50.2. The normalized spacial score (nSPS) is 20.3. The van der Waals surface area contributed by atoms with Gasteiger partial charge in [-0.3, -0.25) is 24.6 Å². The van der Waals surface area contributed by atoms with Gasteiger partial charge in [0.25, 0.3) is 5.91 Å². The summed E-state index contributed by atoms with van der Waals surface area (Å²) in [5, 5.41) is 6.56. The first-order valence-corrected chi connectivity index (χ1v) is 25.3. The molecule has 0 radical (unpaired) electrons. The molecule has 5 heterocycles. The Bertz CT molecular complexity index is 2660. The zero-order valence-electron chi connectivity index (χ0n) is 40.6. The fourth-order valence-electron chi connectivity index (χ4n) is 11.3. The molecule has 5 amide bonds. The smallest absolute Gasteiger partial charge is 0.416 e. The summed E-state index contributed by atoms with van der Waals surface area (Å²) in [7, 11) is 1.56. The number of nitrogen functional groups attached to an aromatic ring is 1. The van der Waals surface area contributed by atoms with Gasteiger partial charge in [-0.15, -0.1) is 0 Å². The van der Waals surface area contributed by atoms with Crippen molar-refractivity contribution in [2.45, 2.75) is 103 Å². The van der Waals surface area contributed by atoms with E-state index >= 15 is 0 Å². The number of methoxy groups -OCH3 is 1. The zero-order valence-corrected chi connectivity index (χ0v) is 41.3. The number of hydrogen-bond donors (Lipinski definition) is 3. The van der Waals surface area contributed by atoms with Crippen LogP contribution in [0.15, 0.2) is 48.5 Å². The standard InChI is InChI=1S/C52H63ClF3N9O6/c1-31(36-24-37(52(54,55)56)27-38(57)25-36)58-47-40-28-45(44(70-3)29-42(40)59-32(2)60-47)71-39-10-19-63(20-11-39)48(67)34-8-17-62(18-9-34)30-33-6-13-51(14-7-33)15-22-64(23-16-51)49(68)35-4-5-41(53)43(26-35)65-21-12-46(66)61-50(65)69/h4-5,24-29,31,33-34,39H,6-23,30,57H2,1-3H3,(H,58,59,60)(H,61,66,69). The second-order valence-corrected chi connectivity index (χ2v) is 20.7. The lowest BCUT2D eigenvalue weighted by Crippen LogP contribution is -2.49. The van der Waals surface area contributed by atoms with Crippen molar-refractivity contribution in [1.82, 2.24) is 30.0 Å². The summed E-state index contributed by atoms with van der Waals surface area (Å²) in [6.07, 6.45) is 5.06. The summed E-state index contributed by atoms with van der Waals surface area (Å²) in [5.41, 5.74) is 7.17. The van der Waals surface area contributed by atoms with Gasteiger partial charge in [-0.05, 0) is 138 Å². The van der Waals surface area contributed by atoms with Crippen molar-refractivity contribution in [1.29, 1.82) is 0 Å². The SMILES string of the molecule is COc1cc2nc(C)nc(NC(C)c3cc(N)cc(C(F)(F)F)c3)c2cc1OC1CCN(C(=O)C2CCN(CC3CCC4(CC3)CCN(C(=O)c3ccc(Cl)c(N5CCC(=O)NC5=O)c3)CC4)CC2)CC1. The summed E-state index contributed by atoms with van der Waals surface area (Å²) < 4.78 is 53.1. The number of aryl methyl sites for hydroxylation is 1. The number of alkyl halides is 3. The van der Waals surface area contributed by atoms with Crippen molar-refractivity contribution in [2.75, 3.05) is 75.4 Å². The number of likely N-dealkylation sites (tertiary alicyclic amines) is 3. The van der Waals surface area contributed by atoms with E-state index in [4.69, 9.17) is 26.8 Å². The first kappa shape index (κ1) is 50.1. The number of piperidine rings is 3. The van der Waals surface area contributed by atoms with Gasteiger partial charge in [0.05, 0.1) is 34.9 Å². The van der Waals surface area contributed by atoms with E-state index in [9.17, 15) is 32.3 Å². The Morgan fingerprint density at radius 2 is 1.61 bits per heavy atom. The largest absolute Gasteiger partial charge is 0.493 e. The number of carbonyl (C=O) groups is 4. The van der Waals surface area contributed by atoms with Crippen LogP contribution in [0, 0.1) is 24.2 Å². The minimum absolute atomic E-state index is 0.00497. The Morgan fingerprint density at radius 1 is 0.887 bits per heavy atom. The minimum Gasteiger partial charge on any atom is -0.493 e. The molecule has 4 N–H and O–H groups in total. The molecule has 380 valence electrons. The fraction of sp³-hybridized carbons (Fsp3) is 0.538. The summed E-state index contributed by atoms with van der Waals surface area (Å²) in [5.74, 6) is 2.34. The van der Waals surface area contributed by atoms with Crippen LogP contribution >= 0.6 is 11.6 Å². The number of nitrogens with one attached hydrogen (secondary N) is 2. The lowest BCUT2D eigenvalue weighted by Gasteiger charge is -2.47. The highest BCUT2D eigenvalue weighted by molar-refractivity contribution is 6.34. The lowest BCUT2D eigenvalue weighted by molar-refractivity contribution is -0.139. The second kappa shape index (κ2) is 20.7. The molecule has 1 saturated carbocycles. The average molecular weight is 1000 g/mol. The molecule has 1 aliphatic carbocycles. The molecule has 1 aromatic heterocycles. The highest BCUT2D eigenvalue weighted by Gasteiger charge is 2.41. The molecule has 1 atom stereocenters. The number of fused-ring (bicyclic) bond motifs is 1. The van der Waals surface area contributed by atoms with Crippen LogP contribution in [0.25, 0.3) is 10.9 Å². The van der Waals surface area contributed by atoms with Gasteiger partial charge in [-0.25, -0.2) is 14.8 Å². The van der Waals surface area contributed by atoms with E-state index in [1.54, 1.807) is 51.3 Å². The van der Waals surface area contributed by atoms with Crippen LogP contribution in [0.1, 0.15) is 111 Å². The highest BCUT2D eigenvalue weighted by atomic mass is 35.5. The molecule has 5 fully saturated rings. The predicted octanol–water partition coefficient (Wildman–Crippen LogP) is 9.02. The number of hydrogen-bond acceptors (Lipinski definition) is 11. The predicted molar refractivity (Wildman–Crippen MR) is 265 cm³/mol. The summed E-state index contributed by atoms with van der Waals surface area (Å²) in [6, 6.07) is 11.0. The quantitative estimate of drug-likeness (QED) is 0.122. The van der Waals surface area contributed by atoms with E-state index in [-0.39, 0.29) is 53.8 Å². The second-order valence-electron chi connectivity index (χ2n) is 20.3. The van der Waals surface area contributed by atoms with Crippen molar-refractivity contribution >= 4 is 63.4 Å². The van der Waals surface area contributed by atoms with Gasteiger partial charge in [0.1, 0.15) is 17.7 Å². The number of imide groups is 1. The van der Waals surface area contributed by atoms with Crippen LogP contribution in [-0.4, -0.2) is 114 Å². The third kappa shape index (κ3) is 11.3. The minimum atomic E-state index is -4.54. The number of amides is 5. The molecule has 71 heavy (non-hydrogen) atoms. The Kier molecular flexibility index (Phi) is 14.6. The van der Waals surface area contributed by atoms with Gasteiger partial charge < -0.3 is 35.2 Å². The number of anilines is 3. The number of urea groups is 1. The van der Waals surface area contributed by atoms with Crippen LogP contribution in [0.2, 0.25) is 5.02 Å². The number of nitrogens with two attached hydrogens (primary N) is 1. The lowest BCUT2D eigenvalue weighted by atomic mass is 9.65. The van der Waals surface area contributed by atoms with E-state index in [1.807, 2.05) is 9.80 Å². The Labute approximate surface area is 416 Å². The van der Waals surface area contributed by atoms with Gasteiger partial charge in [0.15, 0.2) is 11.5 Å². The van der Waals surface area contributed by atoms with Gasteiger partial charge in [0, 0.05) is 87.2 Å². The number of benzene rings is 3. The number of carbonyl (C=O) groups excluding carboxylic acids is 4. The molecule has 9 rings (SSSR count). The number of ether oxygens (including phenoxy) is 2. The Balaban J connectivity index is 0.719. The van der Waals surface area contributed by atoms with E-state index < -0.39 is 23.8 Å². The van der Waals surface area contributed by atoms with E-state index in [0.717, 1.165) is 70.3 Å². The third-order valence-electron chi connectivity index (χ3n) is 15.6. The Hall–Kier alpha value is -5.88. The van der Waals surface area contributed by atoms with Gasteiger partial charge in [-0.1, -0.05) is 11.6 Å². The molecule has 1 spiro atoms. The van der Waals surface area contributed by atoms with Crippen molar-refractivity contribution in [3.63, 3.8) is 0 Å². The maximum Gasteiger partial charge on any atom is 0.416 e. The number of nitrogens with zero attached hydrogens (tertiary/aromatic N) is 6. The van der Waals surface area contributed by atoms with E-state index in [0.29, 0.717) is 101 Å². The van der Waals surface area contributed by atoms with Crippen LogP contribution in [0.4, 0.5) is 35.2 Å². The molecule has 4 aromatic rings. The van der Waals surface area contributed by atoms with Crippen molar-refractivity contribution in [2.24, 2.45) is 17.3 Å². The Morgan fingerprint density at radius 3 is 2.28 bits per heavy atom. The van der Waals surface area contributed by atoms with Crippen LogP contribution in [0.5, 0.6) is 11.5 Å². The molecular weight excluding hydrogens is 939 g/mol. The van der Waals surface area contributed by atoms with Crippen molar-refractivity contribution in [3.05, 3.63) is 76.1 Å². The maximum absolute atomic E-state index is 13.8. The molecule has 5 aliphatic rings. The van der Waals surface area contributed by atoms with Crippen molar-refractivity contribution < 1.29 is 41.8 Å². The molecule has 15 nitrogen and oxygen atoms in total. The average Bonchev–Trinajstić information content (AvgIpc) is 3.35. The van der Waals surface area contributed by atoms with Crippen LogP contribution in [-0.2, 0) is 15.8 Å². The number of aromatic nitrogens is 2. The summed E-state index contributed by atoms with van der Waals surface area (Å²) in [6.45, 7) is 9.14. The molecule has 3 aromatic carbocycles. The number of rotatable bonds is 11. The molecule has 0 bridgehead atoms. The van der Waals surface area contributed by atoms with Crippen LogP contribution in [0.3, 0.4) is 0 Å². The fourth-order valence-corrected chi connectivity index (χ4v) is 11.6. The monoisotopic (exact) mass is 1000 g/mol. The van der Waals surface area contributed by atoms with Crippen molar-refractivity contribution in [3.8, 4) is 11.5 Å². The molecule has 1 unspecified atom stereocenters. The van der Waals surface area contributed by atoms with Gasteiger partial charge >= 0.3 is 12.2 Å². The molecule has 4 aliphatic heterocycles. The van der Waals surface area contributed by atoms with Gasteiger partial charge in [0.2, 0.25) is 11.8 Å². The van der Waals surface area contributed by atoms with E-state index in [1.165, 1.54) is 23.8 Å². The first-order valence-electron chi connectivity index (χ1n) is 24.9. The van der Waals surface area contributed by atoms with Gasteiger partial charge in [-0.2, -0.15) is 13.2 Å². The van der Waals surface area contributed by atoms with E-state index in [2.05, 4.69) is 25.5 Å². The molecule has 4 saturated heterocycles. The molecule has 19 heteroatoms. The van der Waals surface area contributed by atoms with Crippen LogP contribution < -0.4 is 30.7 Å². The first-order chi connectivity index (χ1) is 33.9.